The first kappa shape index (κ1) is 9.33. The first-order valence-corrected chi connectivity index (χ1v) is 3.71. The van der Waals surface area contributed by atoms with Crippen molar-refractivity contribution in [2.45, 2.75) is 6.92 Å². The highest BCUT2D eigenvalue weighted by Gasteiger charge is 2.11. The first-order valence-electron chi connectivity index (χ1n) is 3.71. The molecule has 72 valence electrons. The van der Waals surface area contributed by atoms with Crippen molar-refractivity contribution >= 4 is 23.3 Å². The average Bonchev–Trinajstić information content (AvgIpc) is 2.10. The van der Waals surface area contributed by atoms with Crippen molar-refractivity contribution in [1.82, 2.24) is 9.97 Å². The lowest BCUT2D eigenvalue weighted by molar-refractivity contribution is 0.257. The van der Waals surface area contributed by atoms with Gasteiger partial charge in [0.1, 0.15) is 5.69 Å². The van der Waals surface area contributed by atoms with Gasteiger partial charge in [0.2, 0.25) is 5.95 Å². The molecule has 0 aliphatic heterocycles. The van der Waals surface area contributed by atoms with Gasteiger partial charge in [-0.25, -0.2) is 5.06 Å². The van der Waals surface area contributed by atoms with Crippen molar-refractivity contribution < 1.29 is 5.21 Å². The van der Waals surface area contributed by atoms with Gasteiger partial charge < -0.3 is 17.2 Å². The van der Waals surface area contributed by atoms with E-state index in [0.29, 0.717) is 6.54 Å². The second-order valence-corrected chi connectivity index (χ2v) is 2.42. The Morgan fingerprint density at radius 2 is 1.92 bits per heavy atom. The van der Waals surface area contributed by atoms with Crippen molar-refractivity contribution in [2.24, 2.45) is 0 Å². The van der Waals surface area contributed by atoms with E-state index < -0.39 is 0 Å². The maximum atomic E-state index is 9.31. The van der Waals surface area contributed by atoms with Gasteiger partial charge in [-0.05, 0) is 6.92 Å². The largest absolute Gasteiger partial charge is 0.393 e. The number of rotatable bonds is 2. The van der Waals surface area contributed by atoms with Crippen molar-refractivity contribution in [3.05, 3.63) is 0 Å². The lowest BCUT2D eigenvalue weighted by Crippen LogP contribution is -2.21. The number of nitrogens with zero attached hydrogens (tertiary/aromatic N) is 3. The van der Waals surface area contributed by atoms with Crippen molar-refractivity contribution in [2.75, 3.05) is 28.8 Å². The molecule has 7 nitrogen and oxygen atoms in total. The number of nitrogens with two attached hydrogens (primary N) is 3. The molecule has 13 heavy (non-hydrogen) atoms. The molecular weight excluding hydrogens is 172 g/mol. The van der Waals surface area contributed by atoms with E-state index in [-0.39, 0.29) is 23.3 Å². The van der Waals surface area contributed by atoms with Crippen LogP contribution >= 0.6 is 0 Å². The van der Waals surface area contributed by atoms with E-state index >= 15 is 0 Å². The van der Waals surface area contributed by atoms with E-state index in [0.717, 1.165) is 5.06 Å². The van der Waals surface area contributed by atoms with Crippen LogP contribution in [0.2, 0.25) is 0 Å². The highest BCUT2D eigenvalue weighted by molar-refractivity contribution is 5.74. The van der Waals surface area contributed by atoms with Gasteiger partial charge in [-0.1, -0.05) is 0 Å². The van der Waals surface area contributed by atoms with Crippen LogP contribution in [0.1, 0.15) is 6.92 Å². The van der Waals surface area contributed by atoms with E-state index in [1.807, 2.05) is 0 Å². The second-order valence-electron chi connectivity index (χ2n) is 2.42. The summed E-state index contributed by atoms with van der Waals surface area (Å²) in [6.45, 7) is 2.06. The van der Waals surface area contributed by atoms with E-state index in [1.54, 1.807) is 6.92 Å². The smallest absolute Gasteiger partial charge is 0.224 e. The van der Waals surface area contributed by atoms with E-state index in [4.69, 9.17) is 17.2 Å². The van der Waals surface area contributed by atoms with E-state index in [1.165, 1.54) is 0 Å². The van der Waals surface area contributed by atoms with Gasteiger partial charge in [0.15, 0.2) is 11.6 Å². The normalized spacial score (nSPS) is 10.0. The Bertz CT molecular complexity index is 314. The molecule has 0 unspecified atom stereocenters. The maximum Gasteiger partial charge on any atom is 0.224 e. The van der Waals surface area contributed by atoms with Crippen LogP contribution in [0.3, 0.4) is 0 Å². The fourth-order valence-electron chi connectivity index (χ4n) is 0.838. The third-order valence-corrected chi connectivity index (χ3v) is 1.52. The zero-order valence-corrected chi connectivity index (χ0v) is 7.23. The van der Waals surface area contributed by atoms with Crippen LogP contribution in [0, 0.1) is 0 Å². The van der Waals surface area contributed by atoms with Crippen LogP contribution in [-0.2, 0) is 0 Å². The number of hydrogen-bond acceptors (Lipinski definition) is 7. The predicted octanol–water partition coefficient (Wildman–Crippen LogP) is -0.561. The van der Waals surface area contributed by atoms with Crippen LogP contribution in [0.15, 0.2) is 0 Å². The van der Waals surface area contributed by atoms with Crippen LogP contribution < -0.4 is 22.3 Å². The summed E-state index contributed by atoms with van der Waals surface area (Å²) in [4.78, 5) is 7.37. The van der Waals surface area contributed by atoms with Crippen LogP contribution in [0.5, 0.6) is 0 Å². The Morgan fingerprint density at radius 1 is 1.31 bits per heavy atom. The van der Waals surface area contributed by atoms with Gasteiger partial charge in [-0.3, -0.25) is 5.21 Å². The molecule has 0 aliphatic rings. The molecule has 0 fully saturated rings. The molecule has 1 aromatic rings. The molecule has 7 N–H and O–H groups in total. The number of anilines is 4. The molecule has 0 atom stereocenters. The van der Waals surface area contributed by atoms with Gasteiger partial charge in [0.25, 0.3) is 0 Å². The van der Waals surface area contributed by atoms with Crippen LogP contribution in [-0.4, -0.2) is 21.7 Å². The van der Waals surface area contributed by atoms with Crippen molar-refractivity contribution in [3.63, 3.8) is 0 Å². The van der Waals surface area contributed by atoms with Crippen LogP contribution in [0.4, 0.5) is 23.3 Å². The zero-order valence-electron chi connectivity index (χ0n) is 7.23. The van der Waals surface area contributed by atoms with Crippen molar-refractivity contribution in [1.29, 1.82) is 0 Å². The predicted molar refractivity (Wildman–Crippen MR) is 50.1 cm³/mol. The molecule has 0 amide bonds. The minimum Gasteiger partial charge on any atom is -0.393 e. The number of hydrogen-bond donors (Lipinski definition) is 4. The maximum absolute atomic E-state index is 9.31. The topological polar surface area (TPSA) is 127 Å². The van der Waals surface area contributed by atoms with Gasteiger partial charge in [-0.15, -0.1) is 0 Å². The standard InChI is InChI=1S/C6H12N6O/c1-2-12(13)5-3(7)4(8)10-6(9)11-5/h13H,2,7H2,1H3,(H4,8,9,10,11). The fraction of sp³-hybridized carbons (Fsp3) is 0.333. The van der Waals surface area contributed by atoms with Gasteiger partial charge in [0, 0.05) is 6.54 Å². The van der Waals surface area contributed by atoms with E-state index in [2.05, 4.69) is 9.97 Å². The first-order chi connectivity index (χ1) is 6.06. The minimum atomic E-state index is -0.0193. The molecule has 0 aromatic carbocycles. The summed E-state index contributed by atoms with van der Waals surface area (Å²) < 4.78 is 0. The summed E-state index contributed by atoms with van der Waals surface area (Å²) in [6, 6.07) is 0. The fourth-order valence-corrected chi connectivity index (χ4v) is 0.838. The summed E-state index contributed by atoms with van der Waals surface area (Å²) >= 11 is 0. The molecule has 0 saturated carbocycles. The van der Waals surface area contributed by atoms with Gasteiger partial charge >= 0.3 is 0 Å². The minimum absolute atomic E-state index is 0.0193. The Morgan fingerprint density at radius 3 is 2.46 bits per heavy atom. The highest BCUT2D eigenvalue weighted by atomic mass is 16.5. The third kappa shape index (κ3) is 1.70. The Kier molecular flexibility index (Phi) is 2.38. The Hall–Kier alpha value is -1.76. The third-order valence-electron chi connectivity index (χ3n) is 1.52. The molecule has 0 aliphatic carbocycles. The summed E-state index contributed by atoms with van der Waals surface area (Å²) in [6.07, 6.45) is 0. The molecule has 0 spiro atoms. The Labute approximate surface area is 75.1 Å². The molecule has 0 radical (unpaired) electrons. The summed E-state index contributed by atoms with van der Waals surface area (Å²) in [7, 11) is 0. The van der Waals surface area contributed by atoms with Gasteiger partial charge in [-0.2, -0.15) is 9.97 Å². The molecule has 0 bridgehead atoms. The number of hydroxylamine groups is 1. The molecular formula is C6H12N6O. The monoisotopic (exact) mass is 184 g/mol. The lowest BCUT2D eigenvalue weighted by atomic mass is 10.4. The van der Waals surface area contributed by atoms with Crippen LogP contribution in [0.25, 0.3) is 0 Å². The Balaban J connectivity index is 3.20. The highest BCUT2D eigenvalue weighted by Crippen LogP contribution is 2.24. The SMILES string of the molecule is CCN(O)c1nc(N)nc(N)c1N. The molecule has 0 saturated heterocycles. The van der Waals surface area contributed by atoms with Crippen molar-refractivity contribution in [3.8, 4) is 0 Å². The zero-order chi connectivity index (χ0) is 10.0. The van der Waals surface area contributed by atoms with Gasteiger partial charge in [0.05, 0.1) is 0 Å². The molecule has 1 aromatic heterocycles. The molecule has 7 heteroatoms. The number of nitrogen functional groups attached to an aromatic ring is 3. The molecule has 1 rings (SSSR count). The average molecular weight is 184 g/mol. The lowest BCUT2D eigenvalue weighted by Gasteiger charge is -2.15. The van der Waals surface area contributed by atoms with E-state index in [9.17, 15) is 5.21 Å². The second kappa shape index (κ2) is 3.31. The summed E-state index contributed by atoms with van der Waals surface area (Å²) in [5, 5.41) is 10.2. The summed E-state index contributed by atoms with van der Waals surface area (Å²) in [5.74, 6) is 0.178. The summed E-state index contributed by atoms with van der Waals surface area (Å²) in [5.41, 5.74) is 16.4. The molecule has 1 heterocycles. The quantitative estimate of drug-likeness (QED) is 0.453. The number of aromatic nitrogens is 2.